The van der Waals surface area contributed by atoms with Gasteiger partial charge in [0.2, 0.25) is 0 Å². The number of hydrazine groups is 2. The lowest BCUT2D eigenvalue weighted by Crippen LogP contribution is -2.38. The molecule has 0 unspecified atom stereocenters. The molecule has 4 rings (SSSR count). The van der Waals surface area contributed by atoms with Gasteiger partial charge in [0.05, 0.1) is 45.7 Å². The lowest BCUT2D eigenvalue weighted by atomic mass is 9.94. The van der Waals surface area contributed by atoms with Gasteiger partial charge in [-0.15, -0.1) is 12.1 Å². The number of nitrogens with zero attached hydrogens (tertiary/aromatic N) is 5. The standard InChI is InChI=1S/C31H33N9/c1-6-7-11-40-18-27(38-39-40)30(25-10-8-9-21(14-32)20(25)2)37-24-12-22(15-33)28-26(13-24)29(23(16-34)17-35-28)36-19-31(3,4)5/h6,8-10,12-13,17-18,30,37-39H,1,7,11,19H2,2-5H3,(H,35,36)/t30-/m0/s1. The molecule has 0 radical (unpaired) electrons. The number of hydrogen-bond acceptors (Lipinski definition) is 9. The molecule has 1 aliphatic heterocycles. The zero-order valence-electron chi connectivity index (χ0n) is 23.3. The van der Waals surface area contributed by atoms with Crippen LogP contribution < -0.4 is 21.6 Å². The van der Waals surface area contributed by atoms with Crippen molar-refractivity contribution in [3.8, 4) is 18.2 Å². The first-order valence-corrected chi connectivity index (χ1v) is 13.1. The Labute approximate surface area is 235 Å². The maximum Gasteiger partial charge on any atom is 0.103 e. The molecular weight excluding hydrogens is 498 g/mol. The molecule has 1 atom stereocenters. The largest absolute Gasteiger partial charge is 0.383 e. The van der Waals surface area contributed by atoms with Gasteiger partial charge in [-0.3, -0.25) is 9.99 Å². The van der Waals surface area contributed by atoms with E-state index < -0.39 is 0 Å². The number of benzene rings is 2. The summed E-state index contributed by atoms with van der Waals surface area (Å²) in [6.45, 7) is 13.4. The summed E-state index contributed by atoms with van der Waals surface area (Å²) < 4.78 is 0. The van der Waals surface area contributed by atoms with E-state index in [-0.39, 0.29) is 11.5 Å². The normalized spacial score (nSPS) is 13.4. The second-order valence-electron chi connectivity index (χ2n) is 10.9. The zero-order chi connectivity index (χ0) is 28.9. The van der Waals surface area contributed by atoms with Crippen LogP contribution >= 0.6 is 0 Å². The predicted octanol–water partition coefficient (Wildman–Crippen LogP) is 5.51. The molecule has 40 heavy (non-hydrogen) atoms. The van der Waals surface area contributed by atoms with Gasteiger partial charge in [-0.05, 0) is 48.1 Å². The van der Waals surface area contributed by atoms with E-state index in [0.29, 0.717) is 45.5 Å². The quantitative estimate of drug-likeness (QED) is 0.263. The highest BCUT2D eigenvalue weighted by molar-refractivity contribution is 5.99. The number of fused-ring (bicyclic) bond motifs is 1. The molecule has 0 saturated heterocycles. The average Bonchev–Trinajstić information content (AvgIpc) is 3.41. The van der Waals surface area contributed by atoms with Gasteiger partial charge in [-0.2, -0.15) is 15.8 Å². The fourth-order valence-corrected chi connectivity index (χ4v) is 4.54. The second kappa shape index (κ2) is 11.8. The number of hydrogen-bond donors (Lipinski definition) is 4. The van der Waals surface area contributed by atoms with Crippen molar-refractivity contribution in [2.24, 2.45) is 5.41 Å². The van der Waals surface area contributed by atoms with Crippen molar-refractivity contribution in [1.82, 2.24) is 21.0 Å². The Morgan fingerprint density at radius 2 is 1.85 bits per heavy atom. The molecule has 0 saturated carbocycles. The van der Waals surface area contributed by atoms with Crippen molar-refractivity contribution < 1.29 is 0 Å². The van der Waals surface area contributed by atoms with Crippen LogP contribution in [0, 0.1) is 46.3 Å². The SMILES string of the molecule is C=CCCN1C=C([C@@H](Nc2cc(C#N)c3ncc(C#N)c(NCC(C)(C)C)c3c2)c2cccc(C#N)c2C)NN1. The van der Waals surface area contributed by atoms with Crippen molar-refractivity contribution in [2.45, 2.75) is 40.2 Å². The maximum atomic E-state index is 10.0. The number of pyridine rings is 1. The summed E-state index contributed by atoms with van der Waals surface area (Å²) in [7, 11) is 0. The van der Waals surface area contributed by atoms with E-state index >= 15 is 0 Å². The summed E-state index contributed by atoms with van der Waals surface area (Å²) >= 11 is 0. The molecule has 1 aliphatic rings. The summed E-state index contributed by atoms with van der Waals surface area (Å²) in [6, 6.07) is 15.7. The van der Waals surface area contributed by atoms with E-state index in [9.17, 15) is 15.8 Å². The van der Waals surface area contributed by atoms with Crippen molar-refractivity contribution in [3.05, 3.63) is 88.9 Å². The number of aromatic nitrogens is 1. The highest BCUT2D eigenvalue weighted by atomic mass is 15.7. The van der Waals surface area contributed by atoms with E-state index in [2.05, 4.69) is 72.1 Å². The third-order valence-electron chi connectivity index (χ3n) is 6.65. The topological polar surface area (TPSA) is 136 Å². The fraction of sp³-hybridized carbons (Fsp3) is 0.290. The molecule has 3 aromatic rings. The third kappa shape index (κ3) is 5.99. The van der Waals surface area contributed by atoms with Crippen LogP contribution in [0.2, 0.25) is 0 Å². The van der Waals surface area contributed by atoms with Crippen molar-refractivity contribution >= 4 is 22.3 Å². The third-order valence-corrected chi connectivity index (χ3v) is 6.65. The van der Waals surface area contributed by atoms with Gasteiger partial charge >= 0.3 is 0 Å². The molecule has 202 valence electrons. The first-order valence-electron chi connectivity index (χ1n) is 13.1. The molecule has 0 aliphatic carbocycles. The molecule has 0 fully saturated rings. The molecule has 9 nitrogen and oxygen atoms in total. The lowest BCUT2D eigenvalue weighted by Gasteiger charge is -2.24. The number of nitriles is 3. The van der Waals surface area contributed by atoms with Crippen molar-refractivity contribution in [3.63, 3.8) is 0 Å². The van der Waals surface area contributed by atoms with Crippen LogP contribution in [-0.2, 0) is 0 Å². The minimum Gasteiger partial charge on any atom is -0.383 e. The molecule has 0 bridgehead atoms. The predicted molar refractivity (Wildman–Crippen MR) is 157 cm³/mol. The van der Waals surface area contributed by atoms with Crippen molar-refractivity contribution in [1.29, 1.82) is 15.8 Å². The Balaban J connectivity index is 1.85. The van der Waals surface area contributed by atoms with Gasteiger partial charge < -0.3 is 16.1 Å². The number of nitrogens with one attached hydrogen (secondary N) is 4. The summed E-state index contributed by atoms with van der Waals surface area (Å²) in [4.78, 5) is 4.46. The lowest BCUT2D eigenvalue weighted by molar-refractivity contribution is 0.275. The van der Waals surface area contributed by atoms with Crippen LogP contribution in [-0.4, -0.2) is 23.1 Å². The minimum atomic E-state index is -0.378. The van der Waals surface area contributed by atoms with Crippen LogP contribution in [0.5, 0.6) is 0 Å². The van der Waals surface area contributed by atoms with E-state index in [1.54, 1.807) is 12.1 Å². The molecule has 0 spiro atoms. The summed E-state index contributed by atoms with van der Waals surface area (Å²) in [5, 5.41) is 39.2. The Morgan fingerprint density at radius 1 is 1.10 bits per heavy atom. The molecule has 2 heterocycles. The summed E-state index contributed by atoms with van der Waals surface area (Å²) in [5.74, 6) is 0. The molecule has 9 heteroatoms. The number of rotatable bonds is 9. The van der Waals surface area contributed by atoms with Crippen LogP contribution in [0.15, 0.2) is 61.1 Å². The fourth-order valence-electron chi connectivity index (χ4n) is 4.54. The van der Waals surface area contributed by atoms with E-state index in [1.807, 2.05) is 42.4 Å². The summed E-state index contributed by atoms with van der Waals surface area (Å²) in [6.07, 6.45) is 6.15. The molecular formula is C31H33N9. The van der Waals surface area contributed by atoms with Crippen LogP contribution in [0.4, 0.5) is 11.4 Å². The van der Waals surface area contributed by atoms with Gasteiger partial charge in [0.25, 0.3) is 0 Å². The van der Waals surface area contributed by atoms with Gasteiger partial charge in [-0.1, -0.05) is 39.0 Å². The Bertz CT molecular complexity index is 1590. The first-order chi connectivity index (χ1) is 19.2. The highest BCUT2D eigenvalue weighted by Gasteiger charge is 2.25. The van der Waals surface area contributed by atoms with Gasteiger partial charge in [-0.25, -0.2) is 0 Å². The van der Waals surface area contributed by atoms with Crippen LogP contribution in [0.1, 0.15) is 61.1 Å². The second-order valence-corrected chi connectivity index (χ2v) is 10.9. The Hall–Kier alpha value is -5.04. The highest BCUT2D eigenvalue weighted by Crippen LogP contribution is 2.35. The van der Waals surface area contributed by atoms with Crippen molar-refractivity contribution in [2.75, 3.05) is 23.7 Å². The van der Waals surface area contributed by atoms with E-state index in [1.165, 1.54) is 6.20 Å². The van der Waals surface area contributed by atoms with Crippen LogP contribution in [0.25, 0.3) is 10.9 Å². The van der Waals surface area contributed by atoms with E-state index in [0.717, 1.165) is 29.8 Å². The molecule has 4 N–H and O–H groups in total. The maximum absolute atomic E-state index is 10.0. The number of anilines is 2. The Kier molecular flexibility index (Phi) is 8.24. The average molecular weight is 532 g/mol. The molecule has 1 aromatic heterocycles. The zero-order valence-corrected chi connectivity index (χ0v) is 23.3. The first kappa shape index (κ1) is 28.0. The monoisotopic (exact) mass is 531 g/mol. The van der Waals surface area contributed by atoms with E-state index in [4.69, 9.17) is 0 Å². The summed E-state index contributed by atoms with van der Waals surface area (Å²) in [5.41, 5.74) is 12.3. The molecule has 2 aromatic carbocycles. The smallest absolute Gasteiger partial charge is 0.103 e. The van der Waals surface area contributed by atoms with Crippen LogP contribution in [0.3, 0.4) is 0 Å². The van der Waals surface area contributed by atoms with Gasteiger partial charge in [0.15, 0.2) is 0 Å². The molecule has 0 amide bonds. The Morgan fingerprint density at radius 3 is 2.52 bits per heavy atom. The van der Waals surface area contributed by atoms with Gasteiger partial charge in [0, 0.05) is 36.6 Å². The van der Waals surface area contributed by atoms with Gasteiger partial charge in [0.1, 0.15) is 12.1 Å². The minimum absolute atomic E-state index is 0.0320.